The van der Waals surface area contributed by atoms with Crippen molar-refractivity contribution in [3.63, 3.8) is 0 Å². The van der Waals surface area contributed by atoms with Crippen molar-refractivity contribution >= 4 is 11.5 Å². The van der Waals surface area contributed by atoms with Crippen molar-refractivity contribution in [2.45, 2.75) is 31.3 Å². The van der Waals surface area contributed by atoms with Gasteiger partial charge in [0.15, 0.2) is 17.2 Å². The van der Waals surface area contributed by atoms with Gasteiger partial charge in [-0.2, -0.15) is 5.26 Å². The van der Waals surface area contributed by atoms with E-state index < -0.39 is 0 Å². The molecule has 2 saturated heterocycles. The van der Waals surface area contributed by atoms with E-state index in [0.29, 0.717) is 23.2 Å². The van der Waals surface area contributed by atoms with Gasteiger partial charge in [-0.3, -0.25) is 4.90 Å². The molecule has 0 aliphatic carbocycles. The summed E-state index contributed by atoms with van der Waals surface area (Å²) in [4.78, 5) is 16.7. The number of benzene rings is 1. The van der Waals surface area contributed by atoms with Gasteiger partial charge in [-0.25, -0.2) is 14.8 Å². The van der Waals surface area contributed by atoms with Crippen molar-refractivity contribution in [3.05, 3.63) is 59.3 Å². The molecule has 2 aliphatic rings. The van der Waals surface area contributed by atoms with Gasteiger partial charge in [-0.1, -0.05) is 24.0 Å². The molecule has 0 N–H and O–H groups in total. The van der Waals surface area contributed by atoms with Crippen LogP contribution in [0.3, 0.4) is 0 Å². The van der Waals surface area contributed by atoms with E-state index in [4.69, 9.17) is 6.57 Å². The van der Waals surface area contributed by atoms with E-state index in [1.165, 1.54) is 0 Å². The molecule has 0 spiro atoms. The van der Waals surface area contributed by atoms with Gasteiger partial charge in [0, 0.05) is 43.6 Å². The minimum Gasteiger partial charge on any atom is -0.351 e. The monoisotopic (exact) mass is 368 g/mol. The fraction of sp³-hybridized carbons (Fsp3) is 0.364. The smallest absolute Gasteiger partial charge is 0.188 e. The molecule has 6 nitrogen and oxygen atoms in total. The van der Waals surface area contributed by atoms with Crippen LogP contribution in [-0.2, 0) is 0 Å². The maximum Gasteiger partial charge on any atom is 0.188 e. The van der Waals surface area contributed by atoms with Gasteiger partial charge in [0.05, 0.1) is 12.6 Å². The first kappa shape index (κ1) is 18.0. The third-order valence-corrected chi connectivity index (χ3v) is 5.39. The summed E-state index contributed by atoms with van der Waals surface area (Å²) in [6, 6.07) is 10.3. The van der Waals surface area contributed by atoms with Crippen molar-refractivity contribution in [1.29, 1.82) is 5.26 Å². The molecule has 1 aromatic carbocycles. The average molecular weight is 368 g/mol. The highest BCUT2D eigenvalue weighted by atomic mass is 15.3. The minimum atomic E-state index is 0.231. The number of hydrogen-bond acceptors (Lipinski definition) is 5. The lowest BCUT2D eigenvalue weighted by molar-refractivity contribution is 0.100. The highest BCUT2D eigenvalue weighted by Crippen LogP contribution is 2.28. The molecule has 0 bridgehead atoms. The second kappa shape index (κ2) is 8.09. The van der Waals surface area contributed by atoms with Gasteiger partial charge in [0.2, 0.25) is 0 Å². The summed E-state index contributed by atoms with van der Waals surface area (Å²) in [6.07, 6.45) is 6.55. The lowest BCUT2D eigenvalue weighted by atomic mass is 9.93. The van der Waals surface area contributed by atoms with E-state index in [0.717, 1.165) is 44.5 Å². The van der Waals surface area contributed by atoms with E-state index in [1.807, 2.05) is 18.2 Å². The number of aromatic nitrogens is 2. The maximum atomic E-state index is 9.31. The van der Waals surface area contributed by atoms with Gasteiger partial charge >= 0.3 is 0 Å². The largest absolute Gasteiger partial charge is 0.351 e. The van der Waals surface area contributed by atoms with Crippen LogP contribution in [0.5, 0.6) is 0 Å². The van der Waals surface area contributed by atoms with Gasteiger partial charge in [-0.05, 0) is 31.4 Å². The molecule has 0 unspecified atom stereocenters. The van der Waals surface area contributed by atoms with Crippen LogP contribution >= 0.6 is 0 Å². The van der Waals surface area contributed by atoms with Crippen molar-refractivity contribution in [1.82, 2.24) is 14.9 Å². The van der Waals surface area contributed by atoms with E-state index in [1.54, 1.807) is 18.5 Å². The van der Waals surface area contributed by atoms with Crippen LogP contribution < -0.4 is 4.90 Å². The Labute approximate surface area is 165 Å². The molecular formula is C22H20N6. The zero-order chi connectivity index (χ0) is 19.3. The number of nitriles is 1. The fourth-order valence-corrected chi connectivity index (χ4v) is 4.06. The van der Waals surface area contributed by atoms with Crippen LogP contribution in [0.2, 0.25) is 0 Å². The van der Waals surface area contributed by atoms with E-state index in [9.17, 15) is 5.26 Å². The fourth-order valence-electron chi connectivity index (χ4n) is 4.06. The number of piperazine rings is 1. The zero-order valence-electron chi connectivity index (χ0n) is 15.5. The van der Waals surface area contributed by atoms with Crippen LogP contribution in [0.4, 0.5) is 11.5 Å². The number of fused-ring (bicyclic) bond motifs is 1. The SMILES string of the molecule is [C-]#[N+]c1cccc(C#C[C@H]2CCC[C@H]3CN(c4nccnc4C#N)CCN32)c1. The van der Waals surface area contributed by atoms with Gasteiger partial charge in [0.1, 0.15) is 6.07 Å². The molecular weight excluding hydrogens is 348 g/mol. The number of hydrogen-bond donors (Lipinski definition) is 0. The number of rotatable bonds is 1. The Morgan fingerprint density at radius 2 is 2.07 bits per heavy atom. The molecule has 0 amide bonds. The molecule has 2 atom stereocenters. The highest BCUT2D eigenvalue weighted by Gasteiger charge is 2.35. The summed E-state index contributed by atoms with van der Waals surface area (Å²) in [5, 5.41) is 9.31. The van der Waals surface area contributed by atoms with Gasteiger partial charge in [0.25, 0.3) is 0 Å². The van der Waals surface area contributed by atoms with Crippen LogP contribution in [-0.4, -0.2) is 46.6 Å². The molecule has 0 radical (unpaired) electrons. The summed E-state index contributed by atoms with van der Waals surface area (Å²) in [7, 11) is 0. The number of nitrogens with zero attached hydrogens (tertiary/aromatic N) is 6. The number of piperidine rings is 1. The zero-order valence-corrected chi connectivity index (χ0v) is 15.5. The Bertz CT molecular complexity index is 1010. The first-order valence-corrected chi connectivity index (χ1v) is 9.49. The lowest BCUT2D eigenvalue weighted by Crippen LogP contribution is -2.58. The molecule has 2 fully saturated rings. The van der Waals surface area contributed by atoms with Crippen LogP contribution in [0.1, 0.15) is 30.5 Å². The van der Waals surface area contributed by atoms with Crippen molar-refractivity contribution in [3.8, 4) is 17.9 Å². The first-order chi connectivity index (χ1) is 13.8. The van der Waals surface area contributed by atoms with Crippen molar-refractivity contribution in [2.75, 3.05) is 24.5 Å². The molecule has 0 saturated carbocycles. The average Bonchev–Trinajstić information content (AvgIpc) is 2.77. The Hall–Kier alpha value is -3.40. The predicted octanol–water partition coefficient (Wildman–Crippen LogP) is 2.99. The summed E-state index contributed by atoms with van der Waals surface area (Å²) >= 11 is 0. The van der Waals surface area contributed by atoms with E-state index in [2.05, 4.69) is 42.5 Å². The van der Waals surface area contributed by atoms with E-state index in [-0.39, 0.29) is 6.04 Å². The summed E-state index contributed by atoms with van der Waals surface area (Å²) in [5.74, 6) is 7.40. The third kappa shape index (κ3) is 3.67. The normalized spacial score (nSPS) is 21.6. The Morgan fingerprint density at radius 1 is 1.18 bits per heavy atom. The molecule has 6 heteroatoms. The molecule has 2 aliphatic heterocycles. The molecule has 138 valence electrons. The summed E-state index contributed by atoms with van der Waals surface area (Å²) < 4.78 is 0. The Kier molecular flexibility index (Phi) is 5.20. The quantitative estimate of drug-likeness (QED) is 0.572. The van der Waals surface area contributed by atoms with Crippen molar-refractivity contribution < 1.29 is 0 Å². The Morgan fingerprint density at radius 3 is 2.93 bits per heavy atom. The topological polar surface area (TPSA) is 60.4 Å². The molecule has 3 heterocycles. The Balaban J connectivity index is 1.50. The third-order valence-electron chi connectivity index (χ3n) is 5.39. The molecule has 4 rings (SSSR count). The van der Waals surface area contributed by atoms with Gasteiger partial charge in [-0.15, -0.1) is 0 Å². The lowest BCUT2D eigenvalue weighted by Gasteiger charge is -2.47. The van der Waals surface area contributed by atoms with Crippen LogP contribution in [0, 0.1) is 29.7 Å². The van der Waals surface area contributed by atoms with Crippen LogP contribution in [0.15, 0.2) is 36.7 Å². The van der Waals surface area contributed by atoms with Crippen LogP contribution in [0.25, 0.3) is 4.85 Å². The first-order valence-electron chi connectivity index (χ1n) is 9.49. The second-order valence-corrected chi connectivity index (χ2v) is 7.06. The second-order valence-electron chi connectivity index (χ2n) is 7.06. The molecule has 1 aromatic heterocycles. The predicted molar refractivity (Wildman–Crippen MR) is 107 cm³/mol. The molecule has 28 heavy (non-hydrogen) atoms. The summed E-state index contributed by atoms with van der Waals surface area (Å²) in [5.41, 5.74) is 1.91. The minimum absolute atomic E-state index is 0.231. The highest BCUT2D eigenvalue weighted by molar-refractivity contribution is 5.52. The van der Waals surface area contributed by atoms with E-state index >= 15 is 0 Å². The maximum absolute atomic E-state index is 9.31. The standard InChI is InChI=1S/C22H20N6/c1-24-18-5-2-4-17(14-18)8-9-19-6-3-7-20-16-27(12-13-28(19)20)22-21(15-23)25-10-11-26-22/h2,4-5,10-11,14,19-20H,3,6-7,12-13,16H2/t19-,20+/m1/s1. The van der Waals surface area contributed by atoms with Crippen molar-refractivity contribution in [2.24, 2.45) is 0 Å². The van der Waals surface area contributed by atoms with Gasteiger partial charge < -0.3 is 4.90 Å². The number of anilines is 1. The summed E-state index contributed by atoms with van der Waals surface area (Å²) in [6.45, 7) is 9.70. The molecule has 2 aromatic rings.